The highest BCUT2D eigenvalue weighted by Crippen LogP contribution is 2.36. The molecule has 1 aliphatic heterocycles. The number of benzene rings is 2. The molecule has 9 heteroatoms. The molecule has 1 aliphatic rings. The average molecular weight is 443 g/mol. The number of rotatable bonds is 4. The van der Waals surface area contributed by atoms with Crippen molar-refractivity contribution in [2.45, 2.75) is 12.7 Å². The number of hydrogen-bond donors (Lipinski definition) is 2. The van der Waals surface area contributed by atoms with Crippen LogP contribution in [0.4, 0.5) is 24.5 Å². The molecular weight excluding hydrogens is 421 g/mol. The molecule has 2 aromatic carbocycles. The van der Waals surface area contributed by atoms with E-state index in [0.717, 1.165) is 37.8 Å². The summed E-state index contributed by atoms with van der Waals surface area (Å²) in [4.78, 5) is 4.66. The zero-order valence-electron chi connectivity index (χ0n) is 15.9. The van der Waals surface area contributed by atoms with Crippen LogP contribution < -0.4 is 15.5 Å². The number of hydrogen-bond acceptors (Lipinski definition) is 3. The molecule has 0 bridgehead atoms. The molecule has 0 atom stereocenters. The monoisotopic (exact) mass is 442 g/mol. The van der Waals surface area contributed by atoms with Crippen LogP contribution in [-0.2, 0) is 12.7 Å². The van der Waals surface area contributed by atoms with Gasteiger partial charge in [0.15, 0.2) is 5.11 Å². The van der Waals surface area contributed by atoms with Crippen LogP contribution >= 0.6 is 23.8 Å². The molecule has 0 aromatic heterocycles. The zero-order valence-corrected chi connectivity index (χ0v) is 17.5. The second-order valence-corrected chi connectivity index (χ2v) is 7.77. The van der Waals surface area contributed by atoms with Crippen molar-refractivity contribution in [1.82, 2.24) is 10.2 Å². The third-order valence-corrected chi connectivity index (χ3v) is 5.36. The van der Waals surface area contributed by atoms with Gasteiger partial charge >= 0.3 is 6.18 Å². The first-order valence-electron chi connectivity index (χ1n) is 9.16. The summed E-state index contributed by atoms with van der Waals surface area (Å²) in [7, 11) is 2.12. The van der Waals surface area contributed by atoms with E-state index in [1.165, 1.54) is 17.8 Å². The molecule has 156 valence electrons. The van der Waals surface area contributed by atoms with Crippen molar-refractivity contribution in [2.75, 3.05) is 43.4 Å². The summed E-state index contributed by atoms with van der Waals surface area (Å²) < 4.78 is 38.9. The maximum absolute atomic E-state index is 13.0. The van der Waals surface area contributed by atoms with E-state index in [-0.39, 0.29) is 15.8 Å². The van der Waals surface area contributed by atoms with Gasteiger partial charge in [0.1, 0.15) is 0 Å². The Bertz CT molecular complexity index is 850. The first kappa shape index (κ1) is 21.7. The molecule has 2 aromatic rings. The van der Waals surface area contributed by atoms with Crippen LogP contribution in [0.1, 0.15) is 11.1 Å². The van der Waals surface area contributed by atoms with Crippen molar-refractivity contribution in [3.8, 4) is 0 Å². The van der Waals surface area contributed by atoms with E-state index >= 15 is 0 Å². The molecule has 1 saturated heterocycles. The number of thiocarbonyl (C=S) groups is 1. The first-order valence-corrected chi connectivity index (χ1v) is 9.95. The van der Waals surface area contributed by atoms with Crippen LogP contribution in [0.25, 0.3) is 0 Å². The predicted molar refractivity (Wildman–Crippen MR) is 116 cm³/mol. The quantitative estimate of drug-likeness (QED) is 0.676. The highest BCUT2D eigenvalue weighted by Gasteiger charge is 2.33. The highest BCUT2D eigenvalue weighted by atomic mass is 35.5. The van der Waals surface area contributed by atoms with Crippen molar-refractivity contribution in [3.63, 3.8) is 0 Å². The Balaban J connectivity index is 1.53. The molecule has 29 heavy (non-hydrogen) atoms. The van der Waals surface area contributed by atoms with Crippen LogP contribution in [0.3, 0.4) is 0 Å². The second kappa shape index (κ2) is 9.19. The van der Waals surface area contributed by atoms with Crippen molar-refractivity contribution in [2.24, 2.45) is 0 Å². The third kappa shape index (κ3) is 5.98. The Morgan fingerprint density at radius 3 is 2.34 bits per heavy atom. The van der Waals surface area contributed by atoms with E-state index in [0.29, 0.717) is 6.54 Å². The largest absolute Gasteiger partial charge is 0.417 e. The third-order valence-electron chi connectivity index (χ3n) is 4.79. The van der Waals surface area contributed by atoms with Gasteiger partial charge in [0.25, 0.3) is 0 Å². The standard InChI is InChI=1S/C20H22ClF3N4S/c1-27-8-10-28(11-9-27)16-5-2-14(3-6-16)13-25-19(29)26-15-4-7-18(21)17(12-15)20(22,23)24/h2-7,12H,8-11,13H2,1H3,(H2,25,26,29). The second-order valence-electron chi connectivity index (χ2n) is 6.96. The molecule has 0 aliphatic carbocycles. The Morgan fingerprint density at radius 2 is 1.72 bits per heavy atom. The molecule has 0 unspecified atom stereocenters. The molecule has 0 radical (unpaired) electrons. The molecular formula is C20H22ClF3N4S. The molecule has 0 spiro atoms. The van der Waals surface area contributed by atoms with Gasteiger partial charge in [-0.15, -0.1) is 0 Å². The lowest BCUT2D eigenvalue weighted by molar-refractivity contribution is -0.137. The fourth-order valence-corrected chi connectivity index (χ4v) is 3.48. The van der Waals surface area contributed by atoms with E-state index < -0.39 is 11.7 Å². The lowest BCUT2D eigenvalue weighted by Crippen LogP contribution is -2.44. The van der Waals surface area contributed by atoms with E-state index in [4.69, 9.17) is 23.8 Å². The van der Waals surface area contributed by atoms with Crippen LogP contribution in [-0.4, -0.2) is 43.2 Å². The van der Waals surface area contributed by atoms with Gasteiger partial charge in [0.05, 0.1) is 10.6 Å². The van der Waals surface area contributed by atoms with Crippen LogP contribution in [0.2, 0.25) is 5.02 Å². The maximum atomic E-state index is 13.0. The van der Waals surface area contributed by atoms with Crippen LogP contribution in [0.5, 0.6) is 0 Å². The molecule has 1 fully saturated rings. The molecule has 3 rings (SSSR count). The molecule has 2 N–H and O–H groups in total. The van der Waals surface area contributed by atoms with E-state index in [9.17, 15) is 13.2 Å². The minimum atomic E-state index is -4.52. The SMILES string of the molecule is CN1CCN(c2ccc(CNC(=S)Nc3ccc(Cl)c(C(F)(F)F)c3)cc2)CC1. The molecule has 0 saturated carbocycles. The summed E-state index contributed by atoms with van der Waals surface area (Å²) in [5.74, 6) is 0. The lowest BCUT2D eigenvalue weighted by atomic mass is 10.2. The maximum Gasteiger partial charge on any atom is 0.417 e. The Labute approximate surface area is 178 Å². The number of piperazine rings is 1. The first-order chi connectivity index (χ1) is 13.7. The normalized spacial score (nSPS) is 15.3. The van der Waals surface area contributed by atoms with Crippen LogP contribution in [0.15, 0.2) is 42.5 Å². The Morgan fingerprint density at radius 1 is 1.07 bits per heavy atom. The van der Waals surface area contributed by atoms with Gasteiger partial charge in [-0.3, -0.25) is 0 Å². The van der Waals surface area contributed by atoms with Gasteiger partial charge in [-0.25, -0.2) is 0 Å². The van der Waals surface area contributed by atoms with Crippen molar-refractivity contribution >= 4 is 40.3 Å². The van der Waals surface area contributed by atoms with Gasteiger partial charge in [-0.1, -0.05) is 23.7 Å². The number of alkyl halides is 3. The minimum Gasteiger partial charge on any atom is -0.369 e. The number of nitrogens with zero attached hydrogens (tertiary/aromatic N) is 2. The van der Waals surface area contributed by atoms with Gasteiger partial charge in [-0.05, 0) is 55.2 Å². The molecule has 1 heterocycles. The predicted octanol–water partition coefficient (Wildman–Crippen LogP) is 4.60. The Hall–Kier alpha value is -2.03. The van der Waals surface area contributed by atoms with Gasteiger partial charge in [0, 0.05) is 44.1 Å². The average Bonchev–Trinajstić information content (AvgIpc) is 2.68. The molecule has 4 nitrogen and oxygen atoms in total. The minimum absolute atomic E-state index is 0.227. The van der Waals surface area contributed by atoms with Crippen molar-refractivity contribution < 1.29 is 13.2 Å². The number of anilines is 2. The number of halogens is 4. The summed E-state index contributed by atoms with van der Waals surface area (Å²) >= 11 is 10.8. The summed E-state index contributed by atoms with van der Waals surface area (Å²) in [6.07, 6.45) is -4.52. The summed E-state index contributed by atoms with van der Waals surface area (Å²) in [6.45, 7) is 4.56. The van der Waals surface area contributed by atoms with Crippen molar-refractivity contribution in [3.05, 3.63) is 58.6 Å². The van der Waals surface area contributed by atoms with Crippen molar-refractivity contribution in [1.29, 1.82) is 0 Å². The molecule has 0 amide bonds. The zero-order chi connectivity index (χ0) is 21.0. The fraction of sp³-hybridized carbons (Fsp3) is 0.350. The smallest absolute Gasteiger partial charge is 0.369 e. The summed E-state index contributed by atoms with van der Waals surface area (Å²) in [6, 6.07) is 11.8. The summed E-state index contributed by atoms with van der Waals surface area (Å²) in [5.41, 5.74) is 1.54. The lowest BCUT2D eigenvalue weighted by Gasteiger charge is -2.34. The highest BCUT2D eigenvalue weighted by molar-refractivity contribution is 7.80. The van der Waals surface area contributed by atoms with E-state index in [1.807, 2.05) is 12.1 Å². The summed E-state index contributed by atoms with van der Waals surface area (Å²) in [5, 5.41) is 5.67. The van der Waals surface area contributed by atoms with E-state index in [1.54, 1.807) is 0 Å². The fourth-order valence-electron chi connectivity index (χ4n) is 3.07. The Kier molecular flexibility index (Phi) is 6.87. The van der Waals surface area contributed by atoms with Gasteiger partial charge in [-0.2, -0.15) is 13.2 Å². The van der Waals surface area contributed by atoms with Gasteiger partial charge < -0.3 is 20.4 Å². The number of likely N-dealkylation sites (N-methyl/N-ethyl adjacent to an activating group) is 1. The van der Waals surface area contributed by atoms with E-state index in [2.05, 4.69) is 39.6 Å². The van der Waals surface area contributed by atoms with Crippen LogP contribution in [0, 0.1) is 0 Å². The topological polar surface area (TPSA) is 30.5 Å². The number of nitrogens with one attached hydrogen (secondary N) is 2. The van der Waals surface area contributed by atoms with Gasteiger partial charge in [0.2, 0.25) is 0 Å².